The Morgan fingerprint density at radius 3 is 2.76 bits per heavy atom. The second kappa shape index (κ2) is 8.71. The Labute approximate surface area is 169 Å². The minimum absolute atomic E-state index is 0.0371. The fourth-order valence-electron chi connectivity index (χ4n) is 3.83. The Hall–Kier alpha value is -2.77. The van der Waals surface area contributed by atoms with Crippen LogP contribution in [-0.2, 0) is 6.54 Å². The number of nitrogens with zero attached hydrogens (tertiary/aromatic N) is 4. The van der Waals surface area contributed by atoms with E-state index in [9.17, 15) is 9.90 Å². The monoisotopic (exact) mass is 394 g/mol. The average Bonchev–Trinajstić information content (AvgIpc) is 3.18. The van der Waals surface area contributed by atoms with Crippen LogP contribution in [0.1, 0.15) is 30.5 Å². The topological polar surface area (TPSA) is 84.4 Å². The molecule has 1 atom stereocenters. The van der Waals surface area contributed by atoms with Crippen LogP contribution in [0.4, 0.5) is 0 Å². The van der Waals surface area contributed by atoms with Crippen LogP contribution in [0.3, 0.4) is 0 Å². The molecule has 29 heavy (non-hydrogen) atoms. The van der Waals surface area contributed by atoms with Crippen LogP contribution in [0, 0.1) is 12.8 Å². The number of rotatable bonds is 6. The number of aliphatic hydroxyl groups is 1. The number of piperidine rings is 1. The van der Waals surface area contributed by atoms with Crippen molar-refractivity contribution in [1.82, 2.24) is 19.4 Å². The zero-order valence-electron chi connectivity index (χ0n) is 16.6. The summed E-state index contributed by atoms with van der Waals surface area (Å²) in [5.74, 6) is 1.86. The lowest BCUT2D eigenvalue weighted by atomic mass is 9.96. The summed E-state index contributed by atoms with van der Waals surface area (Å²) in [5, 5.41) is 10.3. The normalized spacial score (nSPS) is 16.8. The number of hydrogen-bond donors (Lipinski definition) is 1. The highest BCUT2D eigenvalue weighted by molar-refractivity contribution is 5.56. The third-order valence-electron chi connectivity index (χ3n) is 5.52. The first-order valence-corrected chi connectivity index (χ1v) is 10.0. The van der Waals surface area contributed by atoms with Crippen molar-refractivity contribution in [3.63, 3.8) is 0 Å². The molecule has 152 valence electrons. The molecule has 4 rings (SSSR count). The van der Waals surface area contributed by atoms with Crippen molar-refractivity contribution in [3.05, 3.63) is 70.9 Å². The molecule has 0 saturated carbocycles. The number of hydrogen-bond acceptors (Lipinski definition) is 6. The number of aryl methyl sites for hydroxylation is 1. The van der Waals surface area contributed by atoms with Gasteiger partial charge < -0.3 is 14.4 Å². The maximum atomic E-state index is 12.5. The molecular weight excluding hydrogens is 368 g/mol. The molecule has 1 saturated heterocycles. The summed E-state index contributed by atoms with van der Waals surface area (Å²) in [6.45, 7) is 4.92. The summed E-state index contributed by atoms with van der Waals surface area (Å²) in [7, 11) is 0. The first-order valence-electron chi connectivity index (χ1n) is 10.0. The Balaban J connectivity index is 1.31. The van der Waals surface area contributed by atoms with Crippen molar-refractivity contribution in [2.45, 2.75) is 32.4 Å². The van der Waals surface area contributed by atoms with E-state index in [-0.39, 0.29) is 5.56 Å². The van der Waals surface area contributed by atoms with Gasteiger partial charge in [-0.1, -0.05) is 0 Å². The van der Waals surface area contributed by atoms with Gasteiger partial charge in [-0.05, 0) is 63.0 Å². The largest absolute Gasteiger partial charge is 0.464 e. The first kappa shape index (κ1) is 19.5. The van der Waals surface area contributed by atoms with Gasteiger partial charge in [-0.2, -0.15) is 0 Å². The van der Waals surface area contributed by atoms with Gasteiger partial charge in [-0.15, -0.1) is 0 Å². The zero-order valence-corrected chi connectivity index (χ0v) is 16.6. The van der Waals surface area contributed by atoms with Gasteiger partial charge >= 0.3 is 0 Å². The van der Waals surface area contributed by atoms with Crippen molar-refractivity contribution in [1.29, 1.82) is 0 Å². The van der Waals surface area contributed by atoms with Crippen molar-refractivity contribution >= 4 is 0 Å². The highest BCUT2D eigenvalue weighted by Gasteiger charge is 2.23. The fourth-order valence-corrected chi connectivity index (χ4v) is 3.83. The SMILES string of the molecule is Cc1ccc(C(O)CN2CCC(Cn3cnc(-c4cccnc4)cc3=O)CC2)o1. The van der Waals surface area contributed by atoms with E-state index in [1.54, 1.807) is 29.4 Å². The van der Waals surface area contributed by atoms with E-state index in [2.05, 4.69) is 14.9 Å². The zero-order chi connectivity index (χ0) is 20.2. The first-order chi connectivity index (χ1) is 14.1. The van der Waals surface area contributed by atoms with Crippen LogP contribution in [0.5, 0.6) is 0 Å². The van der Waals surface area contributed by atoms with Gasteiger partial charge in [0.25, 0.3) is 5.56 Å². The van der Waals surface area contributed by atoms with Crippen LogP contribution in [-0.4, -0.2) is 44.2 Å². The minimum atomic E-state index is -0.605. The van der Waals surface area contributed by atoms with Gasteiger partial charge in [0.1, 0.15) is 17.6 Å². The minimum Gasteiger partial charge on any atom is -0.464 e. The Kier molecular flexibility index (Phi) is 5.87. The average molecular weight is 394 g/mol. The molecule has 7 heteroatoms. The van der Waals surface area contributed by atoms with Crippen LogP contribution in [0.25, 0.3) is 11.3 Å². The van der Waals surface area contributed by atoms with Crippen LogP contribution in [0.15, 0.2) is 58.3 Å². The number of pyridine rings is 1. The van der Waals surface area contributed by atoms with Gasteiger partial charge in [0.15, 0.2) is 0 Å². The van der Waals surface area contributed by atoms with Crippen molar-refractivity contribution in [2.24, 2.45) is 5.92 Å². The van der Waals surface area contributed by atoms with E-state index in [1.165, 1.54) is 0 Å². The lowest BCUT2D eigenvalue weighted by molar-refractivity contribution is 0.0724. The molecule has 1 N–H and O–H groups in total. The van der Waals surface area contributed by atoms with E-state index >= 15 is 0 Å². The van der Waals surface area contributed by atoms with Gasteiger partial charge in [0, 0.05) is 37.1 Å². The highest BCUT2D eigenvalue weighted by atomic mass is 16.4. The molecular formula is C22H26N4O3. The lowest BCUT2D eigenvalue weighted by Gasteiger charge is -2.33. The number of aliphatic hydroxyl groups excluding tert-OH is 1. The maximum Gasteiger partial charge on any atom is 0.253 e. The summed E-state index contributed by atoms with van der Waals surface area (Å²) in [5.41, 5.74) is 1.46. The molecule has 4 heterocycles. The molecule has 0 radical (unpaired) electrons. The number of aromatic nitrogens is 3. The van der Waals surface area contributed by atoms with Crippen LogP contribution in [0.2, 0.25) is 0 Å². The molecule has 7 nitrogen and oxygen atoms in total. The van der Waals surface area contributed by atoms with Crippen LogP contribution >= 0.6 is 0 Å². The predicted molar refractivity (Wildman–Crippen MR) is 109 cm³/mol. The van der Waals surface area contributed by atoms with Crippen LogP contribution < -0.4 is 5.56 Å². The summed E-state index contributed by atoms with van der Waals surface area (Å²) in [6.07, 6.45) is 6.42. The van der Waals surface area contributed by atoms with Gasteiger partial charge in [0.2, 0.25) is 0 Å². The van der Waals surface area contributed by atoms with Crippen molar-refractivity contribution < 1.29 is 9.52 Å². The molecule has 0 bridgehead atoms. The molecule has 3 aromatic heterocycles. The van der Waals surface area contributed by atoms with Gasteiger partial charge in [-0.3, -0.25) is 14.3 Å². The summed E-state index contributed by atoms with van der Waals surface area (Å²) in [4.78, 5) is 23.3. The summed E-state index contributed by atoms with van der Waals surface area (Å²) >= 11 is 0. The Bertz CT molecular complexity index is 991. The second-order valence-electron chi connectivity index (χ2n) is 7.71. The second-order valence-corrected chi connectivity index (χ2v) is 7.71. The molecule has 1 aliphatic rings. The quantitative estimate of drug-likeness (QED) is 0.692. The predicted octanol–water partition coefficient (Wildman–Crippen LogP) is 2.65. The van der Waals surface area contributed by atoms with Crippen molar-refractivity contribution in [2.75, 3.05) is 19.6 Å². The lowest BCUT2D eigenvalue weighted by Crippen LogP contribution is -2.38. The molecule has 1 aliphatic heterocycles. The Morgan fingerprint density at radius 2 is 2.10 bits per heavy atom. The highest BCUT2D eigenvalue weighted by Crippen LogP contribution is 2.23. The van der Waals surface area contributed by atoms with Gasteiger partial charge in [-0.25, -0.2) is 4.98 Å². The molecule has 3 aromatic rings. The van der Waals surface area contributed by atoms with Crippen molar-refractivity contribution in [3.8, 4) is 11.3 Å². The standard InChI is InChI=1S/C22H26N4O3/c1-16-4-5-21(29-16)20(27)14-25-9-6-17(7-10-25)13-26-15-24-19(11-22(26)28)18-3-2-8-23-12-18/h2-5,8,11-12,15,17,20,27H,6-7,9-10,13-14H2,1H3. The number of furan rings is 1. The number of β-amino-alcohol motifs (C(OH)–C–C–N with tert-alkyl or cyclic N) is 1. The van der Waals surface area contributed by atoms with E-state index in [1.807, 2.05) is 31.2 Å². The molecule has 1 unspecified atom stereocenters. The molecule has 0 spiro atoms. The summed E-state index contributed by atoms with van der Waals surface area (Å²) in [6, 6.07) is 9.01. The van der Waals surface area contributed by atoms with E-state index in [4.69, 9.17) is 4.42 Å². The fraction of sp³-hybridized carbons (Fsp3) is 0.409. The maximum absolute atomic E-state index is 12.5. The number of likely N-dealkylation sites (tertiary alicyclic amines) is 1. The molecule has 1 fully saturated rings. The summed E-state index contributed by atoms with van der Waals surface area (Å²) < 4.78 is 7.21. The molecule has 0 aliphatic carbocycles. The third-order valence-corrected chi connectivity index (χ3v) is 5.52. The third kappa shape index (κ3) is 4.81. The van der Waals surface area contributed by atoms with E-state index in [0.29, 0.717) is 30.5 Å². The smallest absolute Gasteiger partial charge is 0.253 e. The molecule has 0 amide bonds. The molecule has 0 aromatic carbocycles. The Morgan fingerprint density at radius 1 is 1.28 bits per heavy atom. The van der Waals surface area contributed by atoms with E-state index < -0.39 is 6.10 Å². The van der Waals surface area contributed by atoms with E-state index in [0.717, 1.165) is 37.3 Å². The van der Waals surface area contributed by atoms with Gasteiger partial charge in [0.05, 0.1) is 12.0 Å².